The lowest BCUT2D eigenvalue weighted by Crippen LogP contribution is -2.13. The van der Waals surface area contributed by atoms with Crippen molar-refractivity contribution in [1.29, 1.82) is 0 Å². The third kappa shape index (κ3) is 2.94. The number of rotatable bonds is 4. The van der Waals surface area contributed by atoms with Crippen LogP contribution < -0.4 is 5.73 Å². The second kappa shape index (κ2) is 6.15. The molecule has 2 N–H and O–H groups in total. The highest BCUT2D eigenvalue weighted by molar-refractivity contribution is 8.00. The van der Waals surface area contributed by atoms with Gasteiger partial charge in [0.05, 0.1) is 5.75 Å². The van der Waals surface area contributed by atoms with E-state index in [1.165, 1.54) is 17.3 Å². The molecule has 0 spiro atoms. The van der Waals surface area contributed by atoms with Crippen molar-refractivity contribution < 1.29 is 4.79 Å². The van der Waals surface area contributed by atoms with Gasteiger partial charge in [-0.1, -0.05) is 65.9 Å². The van der Waals surface area contributed by atoms with Crippen molar-refractivity contribution >= 4 is 28.4 Å². The van der Waals surface area contributed by atoms with Crippen LogP contribution >= 0.6 is 11.8 Å². The number of aromatic nitrogens is 2. The zero-order chi connectivity index (χ0) is 15.5. The zero-order valence-corrected chi connectivity index (χ0v) is 12.9. The molecule has 22 heavy (non-hydrogen) atoms. The van der Waals surface area contributed by atoms with E-state index >= 15 is 0 Å². The topological polar surface area (TPSA) is 68.9 Å². The van der Waals surface area contributed by atoms with Crippen LogP contribution in [0.5, 0.6) is 0 Å². The molecule has 1 heterocycles. The fourth-order valence-corrected chi connectivity index (χ4v) is 2.96. The van der Waals surface area contributed by atoms with Crippen molar-refractivity contribution in [2.45, 2.75) is 11.9 Å². The summed E-state index contributed by atoms with van der Waals surface area (Å²) in [6, 6.07) is 16.1. The fourth-order valence-electron chi connectivity index (χ4n) is 2.25. The van der Waals surface area contributed by atoms with E-state index in [0.29, 0.717) is 0 Å². The third-order valence-electron chi connectivity index (χ3n) is 3.33. The monoisotopic (exact) mass is 309 g/mol. The van der Waals surface area contributed by atoms with E-state index in [0.717, 1.165) is 27.1 Å². The predicted molar refractivity (Wildman–Crippen MR) is 89.6 cm³/mol. The van der Waals surface area contributed by atoms with Crippen molar-refractivity contribution in [3.8, 4) is 11.3 Å². The SMILES string of the molecule is Cc1ccc(-c2nnc(SCC(N)=O)c3ccccc23)cc1. The number of benzene rings is 2. The number of nitrogens with zero attached hydrogens (tertiary/aromatic N) is 2. The van der Waals surface area contributed by atoms with E-state index in [1.54, 1.807) is 0 Å². The van der Waals surface area contributed by atoms with Gasteiger partial charge < -0.3 is 5.73 Å². The molecular formula is C17H15N3OS. The van der Waals surface area contributed by atoms with Gasteiger partial charge in [-0.3, -0.25) is 4.79 Å². The average Bonchev–Trinajstić information content (AvgIpc) is 2.53. The van der Waals surface area contributed by atoms with Gasteiger partial charge in [0.2, 0.25) is 5.91 Å². The smallest absolute Gasteiger partial charge is 0.227 e. The molecule has 0 saturated heterocycles. The van der Waals surface area contributed by atoms with Crippen molar-refractivity contribution in [1.82, 2.24) is 10.2 Å². The number of primary amides is 1. The molecule has 110 valence electrons. The standard InChI is InChI=1S/C17H15N3OS/c1-11-6-8-12(9-7-11)16-13-4-2-3-5-14(13)17(20-19-16)22-10-15(18)21/h2-9H,10H2,1H3,(H2,18,21). The molecule has 1 amide bonds. The Labute approximate surface area is 132 Å². The third-order valence-corrected chi connectivity index (χ3v) is 4.33. The molecule has 4 nitrogen and oxygen atoms in total. The maximum Gasteiger partial charge on any atom is 0.227 e. The largest absolute Gasteiger partial charge is 0.369 e. The predicted octanol–water partition coefficient (Wildman–Crippen LogP) is 3.18. The lowest BCUT2D eigenvalue weighted by molar-refractivity contribution is -0.115. The quantitative estimate of drug-likeness (QED) is 0.752. The Kier molecular flexibility index (Phi) is 4.06. The Bertz CT molecular complexity index is 831. The summed E-state index contributed by atoms with van der Waals surface area (Å²) >= 11 is 1.32. The number of amides is 1. The first kappa shape index (κ1) is 14.5. The summed E-state index contributed by atoms with van der Waals surface area (Å²) in [6.07, 6.45) is 0. The Hall–Kier alpha value is -2.40. The number of nitrogens with two attached hydrogens (primary N) is 1. The molecule has 3 aromatic rings. The highest BCUT2D eigenvalue weighted by Gasteiger charge is 2.11. The van der Waals surface area contributed by atoms with Crippen LogP contribution in [0.3, 0.4) is 0 Å². The lowest BCUT2D eigenvalue weighted by atomic mass is 10.0. The van der Waals surface area contributed by atoms with E-state index in [4.69, 9.17) is 5.73 Å². The molecule has 3 rings (SSSR count). The number of thioether (sulfide) groups is 1. The summed E-state index contributed by atoms with van der Waals surface area (Å²) < 4.78 is 0. The van der Waals surface area contributed by atoms with Gasteiger partial charge in [0.25, 0.3) is 0 Å². The summed E-state index contributed by atoms with van der Waals surface area (Å²) in [6.45, 7) is 2.05. The molecule has 0 atom stereocenters. The van der Waals surface area contributed by atoms with E-state index < -0.39 is 0 Å². The van der Waals surface area contributed by atoms with Crippen LogP contribution in [-0.4, -0.2) is 21.9 Å². The second-order valence-electron chi connectivity index (χ2n) is 5.02. The molecule has 2 aromatic carbocycles. The van der Waals surface area contributed by atoms with Crippen LogP contribution in [0.4, 0.5) is 0 Å². The highest BCUT2D eigenvalue weighted by Crippen LogP contribution is 2.31. The normalized spacial score (nSPS) is 10.8. The molecule has 0 aliphatic rings. The molecule has 0 fully saturated rings. The van der Waals surface area contributed by atoms with Gasteiger partial charge in [0.1, 0.15) is 10.7 Å². The summed E-state index contributed by atoms with van der Waals surface area (Å²) in [5.41, 5.74) is 8.29. The van der Waals surface area contributed by atoms with Crippen molar-refractivity contribution in [3.05, 3.63) is 54.1 Å². The van der Waals surface area contributed by atoms with Crippen LogP contribution in [-0.2, 0) is 4.79 Å². The maximum absolute atomic E-state index is 11.0. The number of hydrogen-bond donors (Lipinski definition) is 1. The van der Waals surface area contributed by atoms with Crippen LogP contribution in [0.2, 0.25) is 0 Å². The van der Waals surface area contributed by atoms with Gasteiger partial charge in [-0.2, -0.15) is 0 Å². The molecule has 0 bridgehead atoms. The summed E-state index contributed by atoms with van der Waals surface area (Å²) in [4.78, 5) is 11.0. The maximum atomic E-state index is 11.0. The van der Waals surface area contributed by atoms with E-state index in [9.17, 15) is 4.79 Å². The summed E-state index contributed by atoms with van der Waals surface area (Å²) in [5.74, 6) is -0.166. The van der Waals surface area contributed by atoms with Crippen LogP contribution in [0.1, 0.15) is 5.56 Å². The average molecular weight is 309 g/mol. The first-order chi connectivity index (χ1) is 10.6. The lowest BCUT2D eigenvalue weighted by Gasteiger charge is -2.08. The Morgan fingerprint density at radius 2 is 1.73 bits per heavy atom. The number of carbonyl (C=O) groups excluding carboxylic acids is 1. The van der Waals surface area contributed by atoms with Crippen LogP contribution in [0.25, 0.3) is 22.0 Å². The van der Waals surface area contributed by atoms with Crippen LogP contribution in [0.15, 0.2) is 53.6 Å². The molecule has 5 heteroatoms. The van der Waals surface area contributed by atoms with Gasteiger partial charge >= 0.3 is 0 Å². The zero-order valence-electron chi connectivity index (χ0n) is 12.1. The van der Waals surface area contributed by atoms with E-state index in [1.807, 2.05) is 36.4 Å². The molecule has 1 aromatic heterocycles. The van der Waals surface area contributed by atoms with Gasteiger partial charge in [-0.25, -0.2) is 0 Å². The fraction of sp³-hybridized carbons (Fsp3) is 0.118. The van der Waals surface area contributed by atoms with E-state index in [-0.39, 0.29) is 11.7 Å². The Morgan fingerprint density at radius 3 is 2.41 bits per heavy atom. The highest BCUT2D eigenvalue weighted by atomic mass is 32.2. The van der Waals surface area contributed by atoms with Crippen molar-refractivity contribution in [3.63, 3.8) is 0 Å². The second-order valence-corrected chi connectivity index (χ2v) is 5.98. The summed E-state index contributed by atoms with van der Waals surface area (Å²) in [7, 11) is 0. The van der Waals surface area contributed by atoms with Crippen molar-refractivity contribution in [2.24, 2.45) is 5.73 Å². The minimum Gasteiger partial charge on any atom is -0.369 e. The first-order valence-electron chi connectivity index (χ1n) is 6.89. The van der Waals surface area contributed by atoms with E-state index in [2.05, 4.69) is 29.3 Å². The molecule has 0 saturated carbocycles. The number of aryl methyl sites for hydroxylation is 1. The Balaban J connectivity index is 2.11. The van der Waals surface area contributed by atoms with Gasteiger partial charge in [-0.05, 0) is 6.92 Å². The minimum absolute atomic E-state index is 0.197. The van der Waals surface area contributed by atoms with Gasteiger partial charge in [-0.15, -0.1) is 10.2 Å². The Morgan fingerprint density at radius 1 is 1.05 bits per heavy atom. The molecule has 0 aliphatic carbocycles. The molecule has 0 radical (unpaired) electrons. The summed E-state index contributed by atoms with van der Waals surface area (Å²) in [5, 5.41) is 11.4. The van der Waals surface area contributed by atoms with Gasteiger partial charge in [0.15, 0.2) is 0 Å². The molecular weight excluding hydrogens is 294 g/mol. The number of fused-ring (bicyclic) bond motifs is 1. The van der Waals surface area contributed by atoms with Crippen molar-refractivity contribution in [2.75, 3.05) is 5.75 Å². The van der Waals surface area contributed by atoms with Gasteiger partial charge in [0, 0.05) is 16.3 Å². The number of carbonyl (C=O) groups is 1. The molecule has 0 aliphatic heterocycles. The molecule has 0 unspecified atom stereocenters. The minimum atomic E-state index is -0.363. The first-order valence-corrected chi connectivity index (χ1v) is 7.87. The number of hydrogen-bond acceptors (Lipinski definition) is 4. The van der Waals surface area contributed by atoms with Crippen LogP contribution in [0, 0.1) is 6.92 Å².